The number of rotatable bonds is 4. The van der Waals surface area contributed by atoms with Crippen molar-refractivity contribution < 1.29 is 13.3 Å². The van der Waals surface area contributed by atoms with Crippen molar-refractivity contribution >= 4 is 37.6 Å². The Morgan fingerprint density at radius 1 is 1.00 bits per heavy atom. The van der Waals surface area contributed by atoms with Gasteiger partial charge in [-0.1, -0.05) is 30.4 Å². The van der Waals surface area contributed by atoms with Crippen molar-refractivity contribution in [2.45, 2.75) is 4.90 Å². The molecule has 0 bridgehead atoms. The van der Waals surface area contributed by atoms with E-state index in [4.69, 9.17) is 10.7 Å². The van der Waals surface area contributed by atoms with Gasteiger partial charge in [-0.15, -0.1) is 0 Å². The standard InChI is InChI=1S/C14H10ClNO4S/c15-21(19,20)14-4-2-1-3-12(14)8-5-11-6-9-13(10-7-11)16(17)18/h1-10H. The van der Waals surface area contributed by atoms with Crippen LogP contribution in [0.1, 0.15) is 11.1 Å². The van der Waals surface area contributed by atoms with E-state index in [1.165, 1.54) is 18.2 Å². The average molecular weight is 324 g/mol. The smallest absolute Gasteiger partial charge is 0.258 e. The van der Waals surface area contributed by atoms with Gasteiger partial charge in [-0.3, -0.25) is 10.1 Å². The predicted octanol–water partition coefficient (Wildman–Crippen LogP) is 3.69. The molecule has 0 spiro atoms. The molecule has 108 valence electrons. The van der Waals surface area contributed by atoms with E-state index >= 15 is 0 Å². The Morgan fingerprint density at radius 3 is 2.19 bits per heavy atom. The van der Waals surface area contributed by atoms with Crippen molar-refractivity contribution in [3.63, 3.8) is 0 Å². The van der Waals surface area contributed by atoms with Gasteiger partial charge in [0.1, 0.15) is 0 Å². The fraction of sp³-hybridized carbons (Fsp3) is 0. The lowest BCUT2D eigenvalue weighted by molar-refractivity contribution is -0.384. The average Bonchev–Trinajstić information content (AvgIpc) is 2.45. The third-order valence-corrected chi connectivity index (χ3v) is 4.14. The normalized spacial score (nSPS) is 11.7. The van der Waals surface area contributed by atoms with Crippen LogP contribution < -0.4 is 0 Å². The maximum Gasteiger partial charge on any atom is 0.269 e. The lowest BCUT2D eigenvalue weighted by atomic mass is 10.1. The number of nitro benzene ring substituents is 1. The third kappa shape index (κ3) is 3.90. The van der Waals surface area contributed by atoms with Crippen LogP contribution in [0.3, 0.4) is 0 Å². The molecule has 0 aliphatic carbocycles. The molecule has 5 nitrogen and oxygen atoms in total. The summed E-state index contributed by atoms with van der Waals surface area (Å²) in [5, 5.41) is 10.6. The van der Waals surface area contributed by atoms with E-state index in [-0.39, 0.29) is 10.6 Å². The van der Waals surface area contributed by atoms with E-state index in [1.807, 2.05) is 0 Å². The molecular formula is C14H10ClNO4S. The third-order valence-electron chi connectivity index (χ3n) is 2.74. The summed E-state index contributed by atoms with van der Waals surface area (Å²) in [5.41, 5.74) is 1.16. The monoisotopic (exact) mass is 323 g/mol. The topological polar surface area (TPSA) is 77.3 Å². The summed E-state index contributed by atoms with van der Waals surface area (Å²) < 4.78 is 22.9. The molecule has 0 aromatic heterocycles. The van der Waals surface area contributed by atoms with Crippen LogP contribution >= 0.6 is 10.7 Å². The van der Waals surface area contributed by atoms with Gasteiger partial charge in [-0.05, 0) is 29.3 Å². The van der Waals surface area contributed by atoms with Crippen LogP contribution in [0.4, 0.5) is 5.69 Å². The van der Waals surface area contributed by atoms with Crippen molar-refractivity contribution in [1.82, 2.24) is 0 Å². The van der Waals surface area contributed by atoms with Gasteiger partial charge in [0.25, 0.3) is 14.7 Å². The van der Waals surface area contributed by atoms with Crippen LogP contribution in [0, 0.1) is 10.1 Å². The van der Waals surface area contributed by atoms with Crippen molar-refractivity contribution in [2.24, 2.45) is 0 Å². The summed E-state index contributed by atoms with van der Waals surface area (Å²) in [7, 11) is 1.54. The van der Waals surface area contributed by atoms with E-state index in [1.54, 1.807) is 42.5 Å². The predicted molar refractivity (Wildman–Crippen MR) is 81.5 cm³/mol. The number of hydrogen-bond donors (Lipinski definition) is 0. The Bertz CT molecular complexity index is 798. The molecule has 2 rings (SSSR count). The molecule has 2 aromatic rings. The SMILES string of the molecule is O=[N+]([O-])c1ccc(C=Cc2ccccc2S(=O)(=O)Cl)cc1. The Hall–Kier alpha value is -2.18. The summed E-state index contributed by atoms with van der Waals surface area (Å²) in [6.07, 6.45) is 3.25. The number of nitrogens with zero attached hydrogens (tertiary/aromatic N) is 1. The van der Waals surface area contributed by atoms with Crippen LogP contribution in [-0.4, -0.2) is 13.3 Å². The molecule has 0 unspecified atom stereocenters. The zero-order valence-electron chi connectivity index (χ0n) is 10.6. The van der Waals surface area contributed by atoms with E-state index in [9.17, 15) is 18.5 Å². The minimum atomic E-state index is -3.82. The van der Waals surface area contributed by atoms with E-state index < -0.39 is 14.0 Å². The summed E-state index contributed by atoms with van der Waals surface area (Å²) in [6, 6.07) is 12.2. The van der Waals surface area contributed by atoms with Gasteiger partial charge in [0, 0.05) is 22.8 Å². The van der Waals surface area contributed by atoms with Crippen molar-refractivity contribution in [3.05, 3.63) is 69.8 Å². The number of nitro groups is 1. The van der Waals surface area contributed by atoms with E-state index in [0.29, 0.717) is 11.1 Å². The van der Waals surface area contributed by atoms with E-state index in [0.717, 1.165) is 0 Å². The van der Waals surface area contributed by atoms with Gasteiger partial charge >= 0.3 is 0 Å². The van der Waals surface area contributed by atoms with Crippen molar-refractivity contribution in [2.75, 3.05) is 0 Å². The van der Waals surface area contributed by atoms with Crippen molar-refractivity contribution in [1.29, 1.82) is 0 Å². The highest BCUT2D eigenvalue weighted by molar-refractivity contribution is 8.13. The number of non-ortho nitro benzene ring substituents is 1. The number of hydrogen-bond acceptors (Lipinski definition) is 4. The Kier molecular flexibility index (Phi) is 4.40. The van der Waals surface area contributed by atoms with E-state index in [2.05, 4.69) is 0 Å². The molecule has 0 aliphatic heterocycles. The summed E-state index contributed by atoms with van der Waals surface area (Å²) >= 11 is 0. The highest BCUT2D eigenvalue weighted by atomic mass is 35.7. The van der Waals surface area contributed by atoms with Crippen LogP contribution in [-0.2, 0) is 9.05 Å². The molecule has 7 heteroatoms. The minimum Gasteiger partial charge on any atom is -0.258 e. The van der Waals surface area contributed by atoms with Gasteiger partial charge in [0.2, 0.25) is 0 Å². The zero-order chi connectivity index (χ0) is 15.5. The van der Waals surface area contributed by atoms with Gasteiger partial charge in [0.15, 0.2) is 0 Å². The summed E-state index contributed by atoms with van der Waals surface area (Å²) in [4.78, 5) is 10.1. The lowest BCUT2D eigenvalue weighted by Gasteiger charge is -2.01. The second kappa shape index (κ2) is 6.07. The fourth-order valence-corrected chi connectivity index (χ4v) is 2.81. The highest BCUT2D eigenvalue weighted by Gasteiger charge is 2.12. The molecule has 0 amide bonds. The first-order chi connectivity index (χ1) is 9.88. The summed E-state index contributed by atoms with van der Waals surface area (Å²) in [5.74, 6) is 0. The Balaban J connectivity index is 2.32. The Morgan fingerprint density at radius 2 is 1.62 bits per heavy atom. The van der Waals surface area contributed by atoms with Gasteiger partial charge < -0.3 is 0 Å². The maximum absolute atomic E-state index is 11.4. The lowest BCUT2D eigenvalue weighted by Crippen LogP contribution is -1.93. The second-order valence-corrected chi connectivity index (χ2v) is 6.69. The molecule has 2 aromatic carbocycles. The molecule has 0 saturated heterocycles. The Labute approximate surface area is 126 Å². The molecule has 0 heterocycles. The molecule has 0 radical (unpaired) electrons. The van der Waals surface area contributed by atoms with Gasteiger partial charge in [0.05, 0.1) is 9.82 Å². The first-order valence-electron chi connectivity index (χ1n) is 5.84. The van der Waals surface area contributed by atoms with Gasteiger partial charge in [-0.2, -0.15) is 0 Å². The molecule has 0 fully saturated rings. The molecule has 0 saturated carbocycles. The molecular weight excluding hydrogens is 314 g/mol. The second-order valence-electron chi connectivity index (χ2n) is 4.16. The van der Waals surface area contributed by atoms with Crippen molar-refractivity contribution in [3.8, 4) is 0 Å². The first kappa shape index (κ1) is 15.2. The van der Waals surface area contributed by atoms with Crippen LogP contribution in [0.25, 0.3) is 12.2 Å². The molecule has 0 N–H and O–H groups in total. The molecule has 0 aliphatic rings. The highest BCUT2D eigenvalue weighted by Crippen LogP contribution is 2.22. The molecule has 21 heavy (non-hydrogen) atoms. The largest absolute Gasteiger partial charge is 0.269 e. The van der Waals surface area contributed by atoms with Gasteiger partial charge in [-0.25, -0.2) is 8.42 Å². The minimum absolute atomic E-state index is 0.00381. The van der Waals surface area contributed by atoms with Crippen LogP contribution in [0.5, 0.6) is 0 Å². The zero-order valence-corrected chi connectivity index (χ0v) is 12.2. The maximum atomic E-state index is 11.4. The fourth-order valence-electron chi connectivity index (χ4n) is 1.73. The van der Waals surface area contributed by atoms with Crippen LogP contribution in [0.2, 0.25) is 0 Å². The summed E-state index contributed by atoms with van der Waals surface area (Å²) in [6.45, 7) is 0. The first-order valence-corrected chi connectivity index (χ1v) is 8.15. The van der Waals surface area contributed by atoms with Crippen LogP contribution in [0.15, 0.2) is 53.4 Å². The number of benzene rings is 2. The molecule has 0 atom stereocenters. The number of halogens is 1. The quantitative estimate of drug-likeness (QED) is 0.372.